The van der Waals surface area contributed by atoms with Crippen molar-refractivity contribution in [2.45, 2.75) is 45.2 Å². The van der Waals surface area contributed by atoms with Gasteiger partial charge in [-0.15, -0.1) is 11.3 Å². The monoisotopic (exact) mass is 501 g/mol. The number of carbonyl (C=O) groups is 1. The van der Waals surface area contributed by atoms with E-state index in [1.54, 1.807) is 14.2 Å². The molecule has 6 nitrogen and oxygen atoms in total. The molecular weight excluding hydrogens is 470 g/mol. The Morgan fingerprint density at radius 3 is 2.39 bits per heavy atom. The number of aromatic nitrogens is 1. The van der Waals surface area contributed by atoms with Gasteiger partial charge in [0.2, 0.25) is 0 Å². The summed E-state index contributed by atoms with van der Waals surface area (Å²) in [6.45, 7) is 4.24. The summed E-state index contributed by atoms with van der Waals surface area (Å²) in [5.74, 6) is 1.23. The summed E-state index contributed by atoms with van der Waals surface area (Å²) in [6.07, 6.45) is 3.14. The Labute approximate surface area is 215 Å². The molecule has 36 heavy (non-hydrogen) atoms. The second kappa shape index (κ2) is 9.82. The van der Waals surface area contributed by atoms with Crippen LogP contribution in [0.4, 0.5) is 5.69 Å². The van der Waals surface area contributed by atoms with Crippen molar-refractivity contribution in [1.29, 1.82) is 0 Å². The number of anilines is 1. The number of nitrogens with two attached hydrogens (primary N) is 1. The largest absolute Gasteiger partial charge is 0.493 e. The van der Waals surface area contributed by atoms with E-state index in [-0.39, 0.29) is 18.0 Å². The molecule has 5 rings (SSSR count). The molecule has 2 atom stereocenters. The highest BCUT2D eigenvalue weighted by Gasteiger charge is 2.33. The number of para-hydroxylation sites is 1. The lowest BCUT2D eigenvalue weighted by atomic mass is 9.96. The average Bonchev–Trinajstić information content (AvgIpc) is 3.24. The van der Waals surface area contributed by atoms with Gasteiger partial charge in [0.1, 0.15) is 9.71 Å². The first-order valence-electron chi connectivity index (χ1n) is 12.3. The third-order valence-corrected chi connectivity index (χ3v) is 8.17. The van der Waals surface area contributed by atoms with Gasteiger partial charge in [-0.25, -0.2) is 4.98 Å². The fourth-order valence-electron chi connectivity index (χ4n) is 5.29. The fraction of sp³-hybridized carbons (Fsp3) is 0.310. The first-order chi connectivity index (χ1) is 17.4. The van der Waals surface area contributed by atoms with E-state index < -0.39 is 0 Å². The number of methoxy groups -OCH3 is 2. The van der Waals surface area contributed by atoms with Crippen LogP contribution < -0.4 is 15.2 Å². The minimum absolute atomic E-state index is 0.0139. The summed E-state index contributed by atoms with van der Waals surface area (Å²) in [4.78, 5) is 22.1. The van der Waals surface area contributed by atoms with Crippen molar-refractivity contribution in [3.05, 3.63) is 59.5 Å². The Balaban J connectivity index is 1.76. The van der Waals surface area contributed by atoms with Crippen LogP contribution >= 0.6 is 11.3 Å². The number of thiophene rings is 1. The molecule has 1 fully saturated rings. The molecule has 0 radical (unpaired) electrons. The highest BCUT2D eigenvalue weighted by Crippen LogP contribution is 2.46. The first kappa shape index (κ1) is 24.1. The van der Waals surface area contributed by atoms with Gasteiger partial charge in [0.25, 0.3) is 5.91 Å². The van der Waals surface area contributed by atoms with Crippen LogP contribution in [0.5, 0.6) is 11.5 Å². The van der Waals surface area contributed by atoms with Crippen LogP contribution in [0.15, 0.2) is 54.6 Å². The molecule has 0 bridgehead atoms. The molecule has 0 saturated carbocycles. The normalized spacial score (nSPS) is 17.8. The zero-order valence-electron chi connectivity index (χ0n) is 21.1. The molecule has 2 aromatic heterocycles. The predicted octanol–water partition coefficient (Wildman–Crippen LogP) is 6.63. The Hall–Kier alpha value is -3.58. The number of rotatable bonds is 5. The van der Waals surface area contributed by atoms with Crippen molar-refractivity contribution in [2.24, 2.45) is 0 Å². The number of hydrogen-bond acceptors (Lipinski definition) is 6. The van der Waals surface area contributed by atoms with Gasteiger partial charge in [-0.1, -0.05) is 42.5 Å². The van der Waals surface area contributed by atoms with Crippen LogP contribution in [0.3, 0.4) is 0 Å². The third kappa shape index (κ3) is 4.07. The molecule has 186 valence electrons. The van der Waals surface area contributed by atoms with Crippen LogP contribution in [-0.2, 0) is 0 Å². The zero-order valence-corrected chi connectivity index (χ0v) is 21.9. The molecule has 3 heterocycles. The Kier molecular flexibility index (Phi) is 6.58. The van der Waals surface area contributed by atoms with Gasteiger partial charge in [0.15, 0.2) is 11.5 Å². The highest BCUT2D eigenvalue weighted by molar-refractivity contribution is 7.21. The van der Waals surface area contributed by atoms with Crippen LogP contribution in [0.1, 0.15) is 42.8 Å². The van der Waals surface area contributed by atoms with Gasteiger partial charge in [-0.2, -0.15) is 0 Å². The van der Waals surface area contributed by atoms with E-state index in [1.165, 1.54) is 11.3 Å². The number of benzene rings is 2. The van der Waals surface area contributed by atoms with E-state index >= 15 is 0 Å². The number of pyridine rings is 1. The molecule has 4 aromatic rings. The van der Waals surface area contributed by atoms with Crippen molar-refractivity contribution in [3.63, 3.8) is 0 Å². The van der Waals surface area contributed by atoms with E-state index in [2.05, 4.69) is 13.8 Å². The lowest BCUT2D eigenvalue weighted by Crippen LogP contribution is -2.47. The topological polar surface area (TPSA) is 77.7 Å². The summed E-state index contributed by atoms with van der Waals surface area (Å²) in [6, 6.07) is 18.2. The van der Waals surface area contributed by atoms with E-state index in [9.17, 15) is 4.79 Å². The number of nitrogen functional groups attached to an aromatic ring is 1. The van der Waals surface area contributed by atoms with Crippen molar-refractivity contribution in [3.8, 4) is 33.9 Å². The SMILES string of the molecule is COc1cccc(-c2cc(-c3ccccc3)nc3sc(C(=O)N4[C@@H](C)CCC[C@@H]4C)c(N)c23)c1OC. The molecule has 2 N–H and O–H groups in total. The lowest BCUT2D eigenvalue weighted by molar-refractivity contribution is 0.0517. The van der Waals surface area contributed by atoms with Crippen molar-refractivity contribution in [2.75, 3.05) is 20.0 Å². The molecule has 1 saturated heterocycles. The minimum Gasteiger partial charge on any atom is -0.493 e. The van der Waals surface area contributed by atoms with Gasteiger partial charge < -0.3 is 20.1 Å². The van der Waals surface area contributed by atoms with E-state index in [4.69, 9.17) is 20.2 Å². The Bertz CT molecular complexity index is 1410. The van der Waals surface area contributed by atoms with E-state index in [0.29, 0.717) is 22.1 Å². The number of ether oxygens (including phenoxy) is 2. The summed E-state index contributed by atoms with van der Waals surface area (Å²) in [5, 5.41) is 0.770. The van der Waals surface area contributed by atoms with Crippen LogP contribution in [-0.4, -0.2) is 42.1 Å². The summed E-state index contributed by atoms with van der Waals surface area (Å²) >= 11 is 1.37. The minimum atomic E-state index is -0.0139. The van der Waals surface area contributed by atoms with E-state index in [0.717, 1.165) is 51.9 Å². The first-order valence-corrected chi connectivity index (χ1v) is 13.1. The Morgan fingerprint density at radius 2 is 1.72 bits per heavy atom. The molecule has 0 unspecified atom stereocenters. The van der Waals surface area contributed by atoms with Crippen LogP contribution in [0.25, 0.3) is 32.6 Å². The van der Waals surface area contributed by atoms with E-state index in [1.807, 2.05) is 59.5 Å². The number of likely N-dealkylation sites (tertiary alicyclic amines) is 1. The summed E-state index contributed by atoms with van der Waals surface area (Å²) < 4.78 is 11.3. The predicted molar refractivity (Wildman–Crippen MR) is 147 cm³/mol. The molecule has 7 heteroatoms. The van der Waals surface area contributed by atoms with Gasteiger partial charge >= 0.3 is 0 Å². The number of hydrogen-bond donors (Lipinski definition) is 1. The molecule has 1 aliphatic rings. The molecule has 1 aliphatic heterocycles. The average molecular weight is 502 g/mol. The second-order valence-corrected chi connectivity index (χ2v) is 10.3. The third-order valence-electron chi connectivity index (χ3n) is 7.08. The summed E-state index contributed by atoms with van der Waals surface area (Å²) in [7, 11) is 3.25. The molecule has 0 aliphatic carbocycles. The lowest BCUT2D eigenvalue weighted by Gasteiger charge is -2.38. The van der Waals surface area contributed by atoms with Gasteiger partial charge in [-0.3, -0.25) is 4.79 Å². The van der Waals surface area contributed by atoms with Crippen molar-refractivity contribution in [1.82, 2.24) is 9.88 Å². The van der Waals surface area contributed by atoms with Crippen LogP contribution in [0, 0.1) is 0 Å². The maximum absolute atomic E-state index is 13.8. The fourth-order valence-corrected chi connectivity index (χ4v) is 6.35. The standard InChI is InChI=1S/C29H31N3O3S/c1-17-10-8-11-18(2)32(17)29(33)27-25(30)24-21(20-14-9-15-23(34-3)26(20)35-4)16-22(31-28(24)36-27)19-12-6-5-7-13-19/h5-7,9,12-18H,8,10-11,30H2,1-4H3/t17-,18-/m0/s1. The quantitative estimate of drug-likeness (QED) is 0.332. The van der Waals surface area contributed by atoms with Gasteiger partial charge in [0, 0.05) is 34.2 Å². The van der Waals surface area contributed by atoms with Gasteiger partial charge in [-0.05, 0) is 45.2 Å². The number of fused-ring (bicyclic) bond motifs is 1. The highest BCUT2D eigenvalue weighted by atomic mass is 32.1. The van der Waals surface area contributed by atoms with Crippen molar-refractivity contribution >= 4 is 33.1 Å². The number of amides is 1. The molecule has 0 spiro atoms. The maximum Gasteiger partial charge on any atom is 0.266 e. The Morgan fingerprint density at radius 1 is 1.00 bits per heavy atom. The van der Waals surface area contributed by atoms with Crippen molar-refractivity contribution < 1.29 is 14.3 Å². The van der Waals surface area contributed by atoms with Gasteiger partial charge in [0.05, 0.1) is 25.6 Å². The maximum atomic E-state index is 13.8. The number of carbonyl (C=O) groups excluding carboxylic acids is 1. The zero-order chi connectivity index (χ0) is 25.4. The molecular formula is C29H31N3O3S. The summed E-state index contributed by atoms with van der Waals surface area (Å²) in [5.41, 5.74) is 10.7. The smallest absolute Gasteiger partial charge is 0.266 e. The van der Waals surface area contributed by atoms with Crippen LogP contribution in [0.2, 0.25) is 0 Å². The number of nitrogens with zero attached hydrogens (tertiary/aromatic N) is 2. The number of piperidine rings is 1. The second-order valence-electron chi connectivity index (χ2n) is 9.33. The molecule has 1 amide bonds. The molecule has 2 aromatic carbocycles.